The maximum Gasteiger partial charge on any atom is 0.242 e. The SMILES string of the molecule is C#CC1(C)CC1.CC.CC#CSC(=C(C)C)c1ccc(CCCC)c(C(C)C)c1.CC(C)C.CC=O.O=CNCC(=O)N1CCC(O)C1. The molecule has 0 aromatic heterocycles. The molecule has 2 amide bonds. The van der Waals surface area contributed by atoms with Gasteiger partial charge in [0.05, 0.1) is 12.6 Å². The van der Waals surface area contributed by atoms with Gasteiger partial charge in [0.2, 0.25) is 12.3 Å². The summed E-state index contributed by atoms with van der Waals surface area (Å²) in [5.41, 5.74) is 5.96. The zero-order chi connectivity index (χ0) is 37.7. The summed E-state index contributed by atoms with van der Waals surface area (Å²) < 4.78 is 0. The summed E-state index contributed by atoms with van der Waals surface area (Å²) in [7, 11) is 0. The molecule has 1 aromatic carbocycles. The number of thioether (sulfide) groups is 1. The maximum atomic E-state index is 11.1. The van der Waals surface area contributed by atoms with Crippen molar-refractivity contribution < 1.29 is 19.5 Å². The van der Waals surface area contributed by atoms with Crippen molar-refractivity contribution in [2.24, 2.45) is 11.3 Å². The van der Waals surface area contributed by atoms with Crippen LogP contribution < -0.4 is 5.32 Å². The van der Waals surface area contributed by atoms with E-state index in [1.807, 2.05) is 20.8 Å². The number of carbonyl (C=O) groups is 3. The molecule has 1 saturated carbocycles. The quantitative estimate of drug-likeness (QED) is 0.200. The number of likely N-dealkylation sites (tertiary alicyclic amines) is 1. The fourth-order valence-corrected chi connectivity index (χ4v) is 4.61. The van der Waals surface area contributed by atoms with E-state index in [1.165, 1.54) is 66.2 Å². The average molecular weight is 685 g/mol. The molecule has 272 valence electrons. The smallest absolute Gasteiger partial charge is 0.242 e. The minimum Gasteiger partial charge on any atom is -0.391 e. The zero-order valence-electron chi connectivity index (χ0n) is 32.6. The van der Waals surface area contributed by atoms with Crippen molar-refractivity contribution in [2.75, 3.05) is 19.6 Å². The first-order valence-corrected chi connectivity index (χ1v) is 18.4. The van der Waals surface area contributed by atoms with Crippen LogP contribution in [0, 0.1) is 34.8 Å². The molecule has 1 aliphatic carbocycles. The number of nitrogens with one attached hydrogen (secondary N) is 1. The number of rotatable bonds is 9. The first-order chi connectivity index (χ1) is 22.7. The van der Waals surface area contributed by atoms with E-state index in [2.05, 4.69) is 103 Å². The molecule has 2 fully saturated rings. The first kappa shape index (κ1) is 49.4. The average Bonchev–Trinajstić information content (AvgIpc) is 3.64. The molecule has 48 heavy (non-hydrogen) atoms. The van der Waals surface area contributed by atoms with Gasteiger partial charge in [-0.15, -0.1) is 12.3 Å². The molecule has 0 spiro atoms. The molecule has 1 saturated heterocycles. The normalized spacial score (nSPS) is 14.4. The number of hydrogen-bond donors (Lipinski definition) is 2. The zero-order valence-corrected chi connectivity index (χ0v) is 33.4. The van der Waals surface area contributed by atoms with Crippen molar-refractivity contribution in [3.05, 3.63) is 40.5 Å². The van der Waals surface area contributed by atoms with Crippen molar-refractivity contribution >= 4 is 35.3 Å². The van der Waals surface area contributed by atoms with Crippen LogP contribution in [0.15, 0.2) is 23.8 Å². The third kappa shape index (κ3) is 25.1. The third-order valence-corrected chi connectivity index (χ3v) is 7.89. The number of aldehydes is 1. The van der Waals surface area contributed by atoms with Gasteiger partial charge in [0.1, 0.15) is 6.29 Å². The molecule has 0 radical (unpaired) electrons. The molecule has 1 aromatic rings. The number of aliphatic hydroxyl groups excluding tert-OH is 1. The van der Waals surface area contributed by atoms with E-state index in [0.29, 0.717) is 37.3 Å². The van der Waals surface area contributed by atoms with Gasteiger partial charge in [-0.25, -0.2) is 0 Å². The van der Waals surface area contributed by atoms with Crippen molar-refractivity contribution in [2.45, 2.75) is 141 Å². The number of nitrogens with zero attached hydrogens (tertiary/aromatic N) is 1. The fourth-order valence-electron chi connectivity index (χ4n) is 3.96. The second-order valence-electron chi connectivity index (χ2n) is 12.9. The van der Waals surface area contributed by atoms with Crippen LogP contribution in [0.25, 0.3) is 4.91 Å². The molecule has 1 unspecified atom stereocenters. The summed E-state index contributed by atoms with van der Waals surface area (Å²) in [5, 5.41) is 14.5. The standard InChI is InChI=1S/C20H28S.C7H12N2O3.C6H8.C4H10.C2H4O.C2H6/c1-7-9-10-17-11-12-18(14-19(17)15(3)4)20(16(5)6)21-13-8-2;10-5-8-3-7(12)9-2-1-6(11)4-9;1-3-6(2)4-5-6;1-4(2)3;1-2-3;1-2/h11-12,14-15H,7,9-10H2,1-6H3;5-6,11H,1-4H2,(H,8,10);1H,4-5H2,2H3;4H,1-3H3;2H,1H3;1-2H3. The van der Waals surface area contributed by atoms with Crippen molar-refractivity contribution in [1.29, 1.82) is 0 Å². The molecule has 1 aliphatic heterocycles. The van der Waals surface area contributed by atoms with Gasteiger partial charge in [-0.1, -0.05) is 91.5 Å². The van der Waals surface area contributed by atoms with Gasteiger partial charge in [0.25, 0.3) is 0 Å². The van der Waals surface area contributed by atoms with Crippen LogP contribution in [0.3, 0.4) is 0 Å². The lowest BCUT2D eigenvalue weighted by Crippen LogP contribution is -2.36. The molecule has 3 rings (SSSR count). The Kier molecular flexibility index (Phi) is 31.0. The number of carbonyl (C=O) groups excluding carboxylic acids is 3. The van der Waals surface area contributed by atoms with Crippen molar-refractivity contribution in [3.8, 4) is 23.5 Å². The van der Waals surface area contributed by atoms with Gasteiger partial charge in [-0.2, -0.15) is 0 Å². The monoisotopic (exact) mass is 684 g/mol. The van der Waals surface area contributed by atoms with Crippen LogP contribution in [0.5, 0.6) is 0 Å². The summed E-state index contributed by atoms with van der Waals surface area (Å²) in [5.74, 6) is 6.95. The number of β-amino-alcohol motifs (C(OH)–C–C–N with tert-alkyl or cyclic N) is 1. The lowest BCUT2D eigenvalue weighted by Gasteiger charge is -2.16. The molecule has 2 N–H and O–H groups in total. The topological polar surface area (TPSA) is 86.7 Å². The molecular formula is C41H68N2O4S. The number of aliphatic hydroxyl groups is 1. The molecule has 0 bridgehead atoms. The van der Waals surface area contributed by atoms with E-state index in [4.69, 9.17) is 16.3 Å². The van der Waals surface area contributed by atoms with E-state index in [9.17, 15) is 9.59 Å². The van der Waals surface area contributed by atoms with Crippen LogP contribution in [0.2, 0.25) is 0 Å². The number of amides is 2. The van der Waals surface area contributed by atoms with Crippen LogP contribution in [0.4, 0.5) is 0 Å². The number of hydrogen-bond acceptors (Lipinski definition) is 5. The maximum absolute atomic E-state index is 11.1. The van der Waals surface area contributed by atoms with Gasteiger partial charge in [-0.3, -0.25) is 9.59 Å². The minimum atomic E-state index is -0.398. The number of benzene rings is 1. The highest BCUT2D eigenvalue weighted by Gasteiger charge is 2.34. The number of terminal acetylenes is 1. The summed E-state index contributed by atoms with van der Waals surface area (Å²) >= 11 is 1.65. The Morgan fingerprint density at radius 3 is 2.08 bits per heavy atom. The summed E-state index contributed by atoms with van der Waals surface area (Å²) in [6.45, 7) is 28.1. The number of allylic oxidation sites excluding steroid dienone is 1. The van der Waals surface area contributed by atoms with E-state index in [1.54, 1.807) is 16.7 Å². The second kappa shape index (κ2) is 30.1. The fraction of sp³-hybridized carbons (Fsp3) is 0.634. The molecule has 1 heterocycles. The van der Waals surface area contributed by atoms with E-state index in [-0.39, 0.29) is 12.5 Å². The first-order valence-electron chi connectivity index (χ1n) is 17.6. The number of aryl methyl sites for hydroxylation is 1. The van der Waals surface area contributed by atoms with Crippen LogP contribution in [-0.4, -0.2) is 54.3 Å². The van der Waals surface area contributed by atoms with Gasteiger partial charge in [0, 0.05) is 23.4 Å². The molecular weight excluding hydrogens is 617 g/mol. The summed E-state index contributed by atoms with van der Waals surface area (Å²) in [6.07, 6.45) is 12.8. The van der Waals surface area contributed by atoms with Crippen molar-refractivity contribution in [3.63, 3.8) is 0 Å². The Morgan fingerprint density at radius 1 is 1.17 bits per heavy atom. The third-order valence-electron chi connectivity index (χ3n) is 6.74. The highest BCUT2D eigenvalue weighted by atomic mass is 32.2. The Balaban J connectivity index is -0.000000625. The van der Waals surface area contributed by atoms with Gasteiger partial charge in [0.15, 0.2) is 0 Å². The Bertz CT molecular complexity index is 1160. The Labute approximate surface area is 299 Å². The van der Waals surface area contributed by atoms with Crippen LogP contribution >= 0.6 is 11.8 Å². The molecule has 2 aliphatic rings. The lowest BCUT2D eigenvalue weighted by atomic mass is 9.92. The number of unbranched alkanes of at least 4 members (excludes halogenated alkanes) is 1. The van der Waals surface area contributed by atoms with Gasteiger partial charge < -0.3 is 20.1 Å². The van der Waals surface area contributed by atoms with Crippen LogP contribution in [0.1, 0.15) is 145 Å². The highest BCUT2D eigenvalue weighted by molar-refractivity contribution is 8.12. The molecule has 7 heteroatoms. The predicted molar refractivity (Wildman–Crippen MR) is 209 cm³/mol. The summed E-state index contributed by atoms with van der Waals surface area (Å²) in [4.78, 5) is 32.6. The van der Waals surface area contributed by atoms with E-state index >= 15 is 0 Å². The summed E-state index contributed by atoms with van der Waals surface area (Å²) in [6, 6.07) is 6.97. The van der Waals surface area contributed by atoms with Gasteiger partial charge in [-0.05, 0) is 112 Å². The molecule has 1 atom stereocenters. The largest absolute Gasteiger partial charge is 0.391 e. The lowest BCUT2D eigenvalue weighted by molar-refractivity contribution is -0.130. The van der Waals surface area contributed by atoms with Gasteiger partial charge >= 0.3 is 0 Å². The minimum absolute atomic E-state index is 0.0240. The van der Waals surface area contributed by atoms with Crippen LogP contribution in [-0.2, 0) is 20.8 Å². The Morgan fingerprint density at radius 2 is 1.73 bits per heavy atom. The molecule has 6 nitrogen and oxygen atoms in total. The van der Waals surface area contributed by atoms with E-state index < -0.39 is 6.10 Å². The second-order valence-corrected chi connectivity index (χ2v) is 13.7. The van der Waals surface area contributed by atoms with Crippen molar-refractivity contribution in [1.82, 2.24) is 10.2 Å². The van der Waals surface area contributed by atoms with E-state index in [0.717, 1.165) is 12.2 Å². The highest BCUT2D eigenvalue weighted by Crippen LogP contribution is 2.43. The predicted octanol–water partition coefficient (Wildman–Crippen LogP) is 9.26. The Hall–Kier alpha value is -3.00.